The van der Waals surface area contributed by atoms with Crippen molar-refractivity contribution in [3.63, 3.8) is 0 Å². The van der Waals surface area contributed by atoms with E-state index in [4.69, 9.17) is 0 Å². The molecule has 0 aromatic heterocycles. The molecule has 0 saturated carbocycles. The maximum atomic E-state index is 0. The van der Waals surface area contributed by atoms with Gasteiger partial charge in [-0.1, -0.05) is 0 Å². The summed E-state index contributed by atoms with van der Waals surface area (Å²) in [4.78, 5) is 0. The van der Waals surface area contributed by atoms with Gasteiger partial charge in [0, 0.05) is 0 Å². The van der Waals surface area contributed by atoms with Crippen LogP contribution in [0.1, 0.15) is 0 Å². The standard InChI is InChI=1S/8Li.16H2O.8H/h;;;;;;;;16*1H2;;;;;;;;. The normalized spacial score (nSPS) is 0. The Morgan fingerprint density at radius 3 is 0.0833 bits per heavy atom. The van der Waals surface area contributed by atoms with Crippen LogP contribution in [-0.4, -0.2) is 239 Å². The van der Waals surface area contributed by atoms with E-state index in [1.807, 2.05) is 0 Å². The van der Waals surface area contributed by atoms with Crippen LogP contribution >= 0.6 is 0 Å². The molecule has 0 aromatic rings. The fourth-order valence-electron chi connectivity index (χ4n) is 0. The fourth-order valence-corrected chi connectivity index (χ4v) is 0. The van der Waals surface area contributed by atoms with Crippen molar-refractivity contribution in [1.29, 1.82) is 0 Å². The van der Waals surface area contributed by atoms with Crippen molar-refractivity contribution in [2.75, 3.05) is 0 Å². The van der Waals surface area contributed by atoms with Gasteiger partial charge in [-0.05, 0) is 0 Å². The molecule has 0 amide bonds. The van der Waals surface area contributed by atoms with E-state index in [0.717, 1.165) is 0 Å². The third-order valence-corrected chi connectivity index (χ3v) is 0. The van der Waals surface area contributed by atoms with Crippen LogP contribution < -0.4 is 0 Å². The fraction of sp³-hybridized carbons (Fsp3) is 0. The molecular formula is H40Li8O16. The minimum atomic E-state index is 0. The van der Waals surface area contributed by atoms with Gasteiger partial charge in [-0.2, -0.15) is 0 Å². The van der Waals surface area contributed by atoms with Gasteiger partial charge in [0.25, 0.3) is 0 Å². The number of hydrogen-bond donors (Lipinski definition) is 0. The average molecular weight is 352 g/mol. The van der Waals surface area contributed by atoms with Gasteiger partial charge >= 0.3 is 151 Å². The second kappa shape index (κ2) is 1080. The first-order chi connectivity index (χ1) is 0. The molecule has 16 nitrogen and oxygen atoms in total. The Labute approximate surface area is 235 Å². The molecule has 0 aliphatic rings. The van der Waals surface area contributed by atoms with Gasteiger partial charge in [0.1, 0.15) is 0 Å². The molecule has 0 saturated heterocycles. The van der Waals surface area contributed by atoms with E-state index in [1.165, 1.54) is 0 Å². The topological polar surface area (TPSA) is 504 Å². The van der Waals surface area contributed by atoms with Crippen LogP contribution in [0, 0.1) is 0 Å². The van der Waals surface area contributed by atoms with Crippen LogP contribution in [-0.2, 0) is 0 Å². The van der Waals surface area contributed by atoms with Crippen LogP contribution in [0.25, 0.3) is 0 Å². The zero-order valence-corrected chi connectivity index (χ0v) is 8.00. The Morgan fingerprint density at radius 2 is 0.0833 bits per heavy atom. The third kappa shape index (κ3) is 964. The molecule has 0 spiro atoms. The molecule has 0 unspecified atom stereocenters. The van der Waals surface area contributed by atoms with Crippen LogP contribution in [0.4, 0.5) is 0 Å². The Kier molecular flexibility index (Phi) is 54600. The maximum absolute atomic E-state index is 0. The van der Waals surface area contributed by atoms with Crippen molar-refractivity contribution >= 4 is 151 Å². The third-order valence-electron chi connectivity index (χ3n) is 0. The number of rotatable bonds is 0. The zero-order valence-electron chi connectivity index (χ0n) is 8.00. The Balaban J connectivity index is 0. The molecule has 0 aromatic carbocycles. The molecule has 0 rings (SSSR count). The van der Waals surface area contributed by atoms with Crippen LogP contribution in [0.15, 0.2) is 0 Å². The molecule has 0 atom stereocenters. The van der Waals surface area contributed by atoms with E-state index in [9.17, 15) is 0 Å². The van der Waals surface area contributed by atoms with Gasteiger partial charge in [-0.25, -0.2) is 0 Å². The predicted octanol–water partition coefficient (Wildman–Crippen LogP) is -18.4. The first kappa shape index (κ1) is 1210. The SMILES string of the molecule is O.O.O.O.O.O.O.O.O.O.O.O.O.O.O.O.[LiH].[LiH].[LiH].[LiH].[LiH].[LiH].[LiH].[LiH]. The summed E-state index contributed by atoms with van der Waals surface area (Å²) in [6, 6.07) is 0. The van der Waals surface area contributed by atoms with Gasteiger partial charge in [-0.15, -0.1) is 0 Å². The molecule has 0 bridgehead atoms. The second-order valence-corrected chi connectivity index (χ2v) is 0. The molecule has 0 heterocycles. The van der Waals surface area contributed by atoms with E-state index in [1.54, 1.807) is 0 Å². The average Bonchev–Trinajstić information content (AvgIpc) is 0. The summed E-state index contributed by atoms with van der Waals surface area (Å²) in [7, 11) is 0. The Bertz CT molecular complexity index is 22.0. The van der Waals surface area contributed by atoms with E-state index in [2.05, 4.69) is 0 Å². The Morgan fingerprint density at radius 1 is 0.0833 bits per heavy atom. The Hall–Kier alpha value is 4.14. The summed E-state index contributed by atoms with van der Waals surface area (Å²) in [5, 5.41) is 0. The molecule has 0 aliphatic heterocycles. The van der Waals surface area contributed by atoms with Crippen molar-refractivity contribution < 1.29 is 87.6 Å². The summed E-state index contributed by atoms with van der Waals surface area (Å²) >= 11 is 0. The van der Waals surface area contributed by atoms with Gasteiger partial charge < -0.3 is 87.6 Å². The monoisotopic (exact) mass is 352 g/mol. The van der Waals surface area contributed by atoms with Crippen LogP contribution in [0.3, 0.4) is 0 Å². The van der Waals surface area contributed by atoms with E-state index < -0.39 is 0 Å². The van der Waals surface area contributed by atoms with Gasteiger partial charge in [0.15, 0.2) is 0 Å². The van der Waals surface area contributed by atoms with Gasteiger partial charge in [0.05, 0.1) is 0 Å². The summed E-state index contributed by atoms with van der Waals surface area (Å²) in [5.41, 5.74) is 0. The summed E-state index contributed by atoms with van der Waals surface area (Å²) in [6.07, 6.45) is 0. The molecule has 0 radical (unpaired) electrons. The van der Waals surface area contributed by atoms with Gasteiger partial charge in [-0.3, -0.25) is 0 Å². The van der Waals surface area contributed by atoms with E-state index in [-0.39, 0.29) is 239 Å². The minimum absolute atomic E-state index is 0. The summed E-state index contributed by atoms with van der Waals surface area (Å²) in [6.45, 7) is 0. The first-order valence-corrected chi connectivity index (χ1v) is 0. The van der Waals surface area contributed by atoms with Crippen molar-refractivity contribution in [2.45, 2.75) is 0 Å². The van der Waals surface area contributed by atoms with Crippen molar-refractivity contribution in [3.8, 4) is 0 Å². The second-order valence-electron chi connectivity index (χ2n) is 0. The van der Waals surface area contributed by atoms with E-state index in [0.29, 0.717) is 0 Å². The van der Waals surface area contributed by atoms with Crippen molar-refractivity contribution in [3.05, 3.63) is 0 Å². The zero-order chi connectivity index (χ0) is 0. The molecule has 24 heteroatoms. The summed E-state index contributed by atoms with van der Waals surface area (Å²) in [5.74, 6) is 0. The molecule has 0 aliphatic carbocycles. The first-order valence-electron chi connectivity index (χ1n) is 0. The molecule has 144 valence electrons. The van der Waals surface area contributed by atoms with Gasteiger partial charge in [0.2, 0.25) is 0 Å². The van der Waals surface area contributed by atoms with E-state index >= 15 is 0 Å². The quantitative estimate of drug-likeness (QED) is 0.366. The van der Waals surface area contributed by atoms with Crippen molar-refractivity contribution in [1.82, 2.24) is 0 Å². The number of hydrogen-bond acceptors (Lipinski definition) is 0. The summed E-state index contributed by atoms with van der Waals surface area (Å²) < 4.78 is 0. The molecular weight excluding hydrogens is 312 g/mol. The molecule has 0 fully saturated rings. The molecule has 24 heavy (non-hydrogen) atoms. The predicted molar refractivity (Wildman–Crippen MR) is 115 cm³/mol. The van der Waals surface area contributed by atoms with Crippen LogP contribution in [0.2, 0.25) is 0 Å². The van der Waals surface area contributed by atoms with Crippen molar-refractivity contribution in [2.24, 2.45) is 0 Å². The van der Waals surface area contributed by atoms with Crippen LogP contribution in [0.5, 0.6) is 0 Å². The molecule has 32 N–H and O–H groups in total.